The van der Waals surface area contributed by atoms with Crippen molar-refractivity contribution in [3.05, 3.63) is 0 Å². The fourth-order valence-electron chi connectivity index (χ4n) is 0. The standard InChI is InChI=1S/C3H6O.2Na.2H/c1-3(2)4;;;;/h1-2H3;;;;/q;2*+1;2*-1. The van der Waals surface area contributed by atoms with Gasteiger partial charge in [-0.25, -0.2) is 0 Å². The van der Waals surface area contributed by atoms with Crippen LogP contribution >= 0.6 is 0 Å². The second-order valence-corrected chi connectivity index (χ2v) is 0.908. The fraction of sp³-hybridized carbons (Fsp3) is 0.667. The quantitative estimate of drug-likeness (QED) is 0.282. The first kappa shape index (κ1) is 15.6. The predicted octanol–water partition coefficient (Wildman–Crippen LogP) is -5.17. The Labute approximate surface area is 85.4 Å². The molecule has 0 spiro atoms. The third-order valence-electron chi connectivity index (χ3n) is 0. The molecule has 0 radical (unpaired) electrons. The van der Waals surface area contributed by atoms with E-state index in [4.69, 9.17) is 0 Å². The Morgan fingerprint density at radius 3 is 1.33 bits per heavy atom. The minimum absolute atomic E-state index is 0. The van der Waals surface area contributed by atoms with Crippen molar-refractivity contribution in [2.75, 3.05) is 0 Å². The van der Waals surface area contributed by atoms with E-state index in [1.165, 1.54) is 13.8 Å². The number of ketones is 1. The summed E-state index contributed by atoms with van der Waals surface area (Å²) in [5.41, 5.74) is 0. The Hall–Kier alpha value is 1.67. The van der Waals surface area contributed by atoms with Crippen LogP contribution in [0.3, 0.4) is 0 Å². The molecule has 6 heavy (non-hydrogen) atoms. The van der Waals surface area contributed by atoms with Gasteiger partial charge in [0.05, 0.1) is 0 Å². The molecule has 0 bridgehead atoms. The van der Waals surface area contributed by atoms with Crippen LogP contribution in [0.1, 0.15) is 16.7 Å². The smallest absolute Gasteiger partial charge is 1.00 e. The molecule has 1 nitrogen and oxygen atoms in total. The molecule has 0 aliphatic rings. The zero-order chi connectivity index (χ0) is 3.58. The van der Waals surface area contributed by atoms with Crippen molar-refractivity contribution in [2.24, 2.45) is 0 Å². The van der Waals surface area contributed by atoms with E-state index in [0.717, 1.165) is 0 Å². The van der Waals surface area contributed by atoms with Gasteiger partial charge >= 0.3 is 59.1 Å². The van der Waals surface area contributed by atoms with E-state index in [1.807, 2.05) is 0 Å². The first-order chi connectivity index (χ1) is 1.73. The van der Waals surface area contributed by atoms with Gasteiger partial charge in [0, 0.05) is 0 Å². The van der Waals surface area contributed by atoms with Crippen LogP contribution < -0.4 is 59.1 Å². The number of carbonyl (C=O) groups is 1. The Morgan fingerprint density at radius 1 is 1.33 bits per heavy atom. The predicted molar refractivity (Wildman–Crippen MR) is 18.6 cm³/mol. The zero-order valence-corrected chi connectivity index (χ0v) is 8.91. The number of Topliss-reactive ketones (excluding diaryl/α,β-unsaturated/α-hetero) is 1. The summed E-state index contributed by atoms with van der Waals surface area (Å²) in [5.74, 6) is 0.167. The number of hydrogen-bond acceptors (Lipinski definition) is 1. The van der Waals surface area contributed by atoms with Gasteiger partial charge in [0.1, 0.15) is 5.78 Å². The summed E-state index contributed by atoms with van der Waals surface area (Å²) in [6.07, 6.45) is 0. The Morgan fingerprint density at radius 2 is 1.33 bits per heavy atom. The van der Waals surface area contributed by atoms with Crippen LogP contribution in [0.2, 0.25) is 0 Å². The van der Waals surface area contributed by atoms with Crippen LogP contribution in [0.5, 0.6) is 0 Å². The number of rotatable bonds is 0. The maximum absolute atomic E-state index is 9.44. The fourth-order valence-corrected chi connectivity index (χ4v) is 0. The molecule has 0 heterocycles. The summed E-state index contributed by atoms with van der Waals surface area (Å²) in [5, 5.41) is 0. The maximum Gasteiger partial charge on any atom is 1.00 e. The molecule has 0 saturated carbocycles. The normalized spacial score (nSPS) is 4.33. The molecule has 0 aromatic carbocycles. The van der Waals surface area contributed by atoms with Crippen LogP contribution in [-0.4, -0.2) is 5.78 Å². The van der Waals surface area contributed by atoms with E-state index in [1.54, 1.807) is 0 Å². The monoisotopic (exact) mass is 106 g/mol. The first-order valence-electron chi connectivity index (χ1n) is 1.20. The molecule has 0 rings (SSSR count). The van der Waals surface area contributed by atoms with Gasteiger partial charge in [0.15, 0.2) is 0 Å². The molecular formula is C3H8Na2O. The second kappa shape index (κ2) is 9.83. The van der Waals surface area contributed by atoms with Gasteiger partial charge in [0.2, 0.25) is 0 Å². The van der Waals surface area contributed by atoms with Crippen LogP contribution in [0.4, 0.5) is 0 Å². The molecule has 0 N–H and O–H groups in total. The average molecular weight is 106 g/mol. The SMILES string of the molecule is CC(C)=O.[H-].[H-].[Na+].[Na+]. The summed E-state index contributed by atoms with van der Waals surface area (Å²) in [6.45, 7) is 3.06. The van der Waals surface area contributed by atoms with E-state index in [0.29, 0.717) is 0 Å². The average Bonchev–Trinajstić information content (AvgIpc) is 0.811. The number of hydrogen-bond donors (Lipinski definition) is 0. The molecule has 0 fully saturated rings. The molecular weight excluding hydrogens is 98.0 g/mol. The molecule has 0 aliphatic heterocycles. The zero-order valence-electron chi connectivity index (χ0n) is 6.91. The Kier molecular flexibility index (Phi) is 25.6. The van der Waals surface area contributed by atoms with Crippen molar-refractivity contribution in [3.8, 4) is 0 Å². The Bertz CT molecular complexity index is 38.3. The van der Waals surface area contributed by atoms with Crippen molar-refractivity contribution in [3.63, 3.8) is 0 Å². The van der Waals surface area contributed by atoms with Gasteiger partial charge in [-0.1, -0.05) is 0 Å². The summed E-state index contributed by atoms with van der Waals surface area (Å²) < 4.78 is 0. The molecule has 0 aromatic rings. The topological polar surface area (TPSA) is 17.1 Å². The van der Waals surface area contributed by atoms with E-state index >= 15 is 0 Å². The van der Waals surface area contributed by atoms with Crippen molar-refractivity contribution in [2.45, 2.75) is 13.8 Å². The second-order valence-electron chi connectivity index (χ2n) is 0.908. The van der Waals surface area contributed by atoms with Crippen LogP contribution in [0, 0.1) is 0 Å². The van der Waals surface area contributed by atoms with E-state index in [-0.39, 0.29) is 67.8 Å². The Balaban J connectivity index is -0.00000000750. The third kappa shape index (κ3) is 44.3. The minimum atomic E-state index is 0. The van der Waals surface area contributed by atoms with Crippen LogP contribution in [0.15, 0.2) is 0 Å². The molecule has 0 atom stereocenters. The molecule has 0 saturated heterocycles. The van der Waals surface area contributed by atoms with Crippen molar-refractivity contribution in [1.82, 2.24) is 0 Å². The van der Waals surface area contributed by atoms with Crippen molar-refractivity contribution >= 4 is 5.78 Å². The first-order valence-corrected chi connectivity index (χ1v) is 1.20. The van der Waals surface area contributed by atoms with Crippen LogP contribution in [0.25, 0.3) is 0 Å². The molecule has 28 valence electrons. The van der Waals surface area contributed by atoms with Crippen molar-refractivity contribution < 1.29 is 66.8 Å². The molecule has 0 amide bonds. The molecule has 3 heteroatoms. The maximum atomic E-state index is 9.44. The van der Waals surface area contributed by atoms with Gasteiger partial charge in [-0.15, -0.1) is 0 Å². The molecule has 0 aliphatic carbocycles. The summed E-state index contributed by atoms with van der Waals surface area (Å²) in [7, 11) is 0. The van der Waals surface area contributed by atoms with Gasteiger partial charge in [0.25, 0.3) is 0 Å². The summed E-state index contributed by atoms with van der Waals surface area (Å²) in [6, 6.07) is 0. The summed E-state index contributed by atoms with van der Waals surface area (Å²) in [4.78, 5) is 9.44. The van der Waals surface area contributed by atoms with Gasteiger partial charge in [-0.2, -0.15) is 0 Å². The van der Waals surface area contributed by atoms with Gasteiger partial charge < -0.3 is 7.65 Å². The molecule has 0 aromatic heterocycles. The molecule has 0 unspecified atom stereocenters. The van der Waals surface area contributed by atoms with Crippen LogP contribution in [-0.2, 0) is 4.79 Å². The van der Waals surface area contributed by atoms with Crippen molar-refractivity contribution in [1.29, 1.82) is 0 Å². The largest absolute Gasteiger partial charge is 1.00 e. The van der Waals surface area contributed by atoms with Gasteiger partial charge in [-0.05, 0) is 13.8 Å². The summed E-state index contributed by atoms with van der Waals surface area (Å²) >= 11 is 0. The minimum Gasteiger partial charge on any atom is -1.00 e. The third-order valence-corrected chi connectivity index (χ3v) is 0. The van der Waals surface area contributed by atoms with E-state index < -0.39 is 0 Å². The van der Waals surface area contributed by atoms with E-state index in [9.17, 15) is 4.79 Å². The van der Waals surface area contributed by atoms with E-state index in [2.05, 4.69) is 0 Å². The van der Waals surface area contributed by atoms with Gasteiger partial charge in [-0.3, -0.25) is 0 Å². The number of carbonyl (C=O) groups excluding carboxylic acids is 1.